The molecule has 1 N–H and O–H groups in total. The van der Waals surface area contributed by atoms with Gasteiger partial charge in [-0.2, -0.15) is 0 Å². The molecule has 2 aliphatic rings. The van der Waals surface area contributed by atoms with Gasteiger partial charge in [0, 0.05) is 13.1 Å². The van der Waals surface area contributed by atoms with Crippen LogP contribution in [-0.4, -0.2) is 36.2 Å². The summed E-state index contributed by atoms with van der Waals surface area (Å²) in [7, 11) is 2.23. The van der Waals surface area contributed by atoms with Crippen LogP contribution in [0.3, 0.4) is 0 Å². The minimum atomic E-state index is 0.0158. The van der Waals surface area contributed by atoms with Crippen molar-refractivity contribution >= 4 is 0 Å². The molecule has 2 saturated carbocycles. The maximum Gasteiger partial charge on any atom is 0.0546 e. The van der Waals surface area contributed by atoms with E-state index in [0.29, 0.717) is 0 Å². The van der Waals surface area contributed by atoms with E-state index in [1.54, 1.807) is 0 Å². The molecule has 2 aliphatic carbocycles. The molecule has 0 atom stereocenters. The Balaban J connectivity index is 1.58. The zero-order valence-corrected chi connectivity index (χ0v) is 8.58. The lowest BCUT2D eigenvalue weighted by molar-refractivity contribution is 0.0244. The molecule has 0 aromatic carbocycles. The second kappa shape index (κ2) is 3.97. The van der Waals surface area contributed by atoms with Crippen molar-refractivity contribution in [1.82, 2.24) is 4.90 Å². The molecule has 2 rings (SSSR count). The van der Waals surface area contributed by atoms with Crippen molar-refractivity contribution < 1.29 is 5.11 Å². The molecule has 0 aromatic heterocycles. The first kappa shape index (κ1) is 9.47. The Morgan fingerprint density at radius 1 is 1.15 bits per heavy atom. The molecule has 0 radical (unpaired) electrons. The molecule has 0 spiro atoms. The lowest BCUT2D eigenvalue weighted by Crippen LogP contribution is -2.39. The highest BCUT2D eigenvalue weighted by atomic mass is 16.3. The van der Waals surface area contributed by atoms with Crippen LogP contribution in [0.2, 0.25) is 0 Å². The summed E-state index contributed by atoms with van der Waals surface area (Å²) in [6.45, 7) is 2.49. The second-order valence-corrected chi connectivity index (χ2v) is 5.01. The van der Waals surface area contributed by atoms with Crippen LogP contribution < -0.4 is 0 Å². The molecular formula is C11H21NO. The molecule has 2 fully saturated rings. The molecule has 0 saturated heterocycles. The first-order valence-electron chi connectivity index (χ1n) is 5.60. The van der Waals surface area contributed by atoms with Crippen LogP contribution in [0.25, 0.3) is 0 Å². The van der Waals surface area contributed by atoms with E-state index in [1.165, 1.54) is 32.4 Å². The molecule has 0 amide bonds. The molecular weight excluding hydrogens is 162 g/mol. The van der Waals surface area contributed by atoms with Gasteiger partial charge in [-0.25, -0.2) is 0 Å². The highest BCUT2D eigenvalue weighted by Gasteiger charge is 2.28. The van der Waals surface area contributed by atoms with Crippen molar-refractivity contribution in [3.63, 3.8) is 0 Å². The van der Waals surface area contributed by atoms with Crippen molar-refractivity contribution in [3.8, 4) is 0 Å². The SMILES string of the molecule is CN(CC1CCC1)CC1CC(O)C1. The highest BCUT2D eigenvalue weighted by molar-refractivity contribution is 4.81. The molecule has 0 aromatic rings. The van der Waals surface area contributed by atoms with Gasteiger partial charge in [0.05, 0.1) is 6.10 Å². The minimum absolute atomic E-state index is 0.0158. The van der Waals surface area contributed by atoms with Crippen molar-refractivity contribution in [2.45, 2.75) is 38.2 Å². The Hall–Kier alpha value is -0.0800. The van der Waals surface area contributed by atoms with Gasteiger partial charge in [-0.05, 0) is 44.6 Å². The van der Waals surface area contributed by atoms with Crippen LogP contribution in [-0.2, 0) is 0 Å². The zero-order valence-electron chi connectivity index (χ0n) is 8.58. The van der Waals surface area contributed by atoms with Crippen molar-refractivity contribution in [3.05, 3.63) is 0 Å². The third kappa shape index (κ3) is 2.44. The van der Waals surface area contributed by atoms with Crippen LogP contribution in [0.4, 0.5) is 0 Å². The number of nitrogens with zero attached hydrogens (tertiary/aromatic N) is 1. The predicted octanol–water partition coefficient (Wildman–Crippen LogP) is 1.49. The van der Waals surface area contributed by atoms with E-state index in [0.717, 1.165) is 24.7 Å². The fourth-order valence-electron chi connectivity index (χ4n) is 2.48. The average molecular weight is 183 g/mol. The van der Waals surface area contributed by atoms with Gasteiger partial charge in [0.25, 0.3) is 0 Å². The number of hydrogen-bond donors (Lipinski definition) is 1. The number of aliphatic hydroxyl groups is 1. The van der Waals surface area contributed by atoms with Gasteiger partial charge in [0.2, 0.25) is 0 Å². The average Bonchev–Trinajstić information content (AvgIpc) is 1.94. The van der Waals surface area contributed by atoms with Gasteiger partial charge < -0.3 is 10.0 Å². The number of hydrogen-bond acceptors (Lipinski definition) is 2. The van der Waals surface area contributed by atoms with Crippen LogP contribution in [0.5, 0.6) is 0 Å². The van der Waals surface area contributed by atoms with Gasteiger partial charge in [-0.3, -0.25) is 0 Å². The van der Waals surface area contributed by atoms with Crippen molar-refractivity contribution in [2.75, 3.05) is 20.1 Å². The second-order valence-electron chi connectivity index (χ2n) is 5.01. The summed E-state index contributed by atoms with van der Waals surface area (Å²) < 4.78 is 0. The molecule has 0 aliphatic heterocycles. The van der Waals surface area contributed by atoms with Gasteiger partial charge in [-0.15, -0.1) is 0 Å². The summed E-state index contributed by atoms with van der Waals surface area (Å²) in [5.74, 6) is 1.76. The van der Waals surface area contributed by atoms with Gasteiger partial charge in [0.1, 0.15) is 0 Å². The first-order chi connectivity index (χ1) is 6.24. The maximum absolute atomic E-state index is 9.15. The van der Waals surface area contributed by atoms with Crippen LogP contribution >= 0.6 is 0 Å². The molecule has 13 heavy (non-hydrogen) atoms. The third-order valence-electron chi connectivity index (χ3n) is 3.58. The zero-order chi connectivity index (χ0) is 9.26. The predicted molar refractivity (Wildman–Crippen MR) is 53.6 cm³/mol. The Bertz CT molecular complexity index is 161. The molecule has 0 unspecified atom stereocenters. The largest absolute Gasteiger partial charge is 0.393 e. The van der Waals surface area contributed by atoms with E-state index in [1.807, 2.05) is 0 Å². The summed E-state index contributed by atoms with van der Waals surface area (Å²) >= 11 is 0. The minimum Gasteiger partial charge on any atom is -0.393 e. The summed E-state index contributed by atoms with van der Waals surface area (Å²) in [6.07, 6.45) is 6.42. The quantitative estimate of drug-likeness (QED) is 0.714. The number of rotatable bonds is 4. The summed E-state index contributed by atoms with van der Waals surface area (Å²) in [4.78, 5) is 2.46. The van der Waals surface area contributed by atoms with Gasteiger partial charge >= 0.3 is 0 Å². The molecule has 0 heterocycles. The molecule has 2 nitrogen and oxygen atoms in total. The lowest BCUT2D eigenvalue weighted by atomic mass is 9.81. The first-order valence-corrected chi connectivity index (χ1v) is 5.60. The smallest absolute Gasteiger partial charge is 0.0546 e. The monoisotopic (exact) mass is 183 g/mol. The fraction of sp³-hybridized carbons (Fsp3) is 1.00. The van der Waals surface area contributed by atoms with E-state index in [-0.39, 0.29) is 6.10 Å². The van der Waals surface area contributed by atoms with Crippen LogP contribution in [0.1, 0.15) is 32.1 Å². The van der Waals surface area contributed by atoms with Crippen molar-refractivity contribution in [2.24, 2.45) is 11.8 Å². The van der Waals surface area contributed by atoms with Gasteiger partial charge in [-0.1, -0.05) is 6.42 Å². The maximum atomic E-state index is 9.15. The number of aliphatic hydroxyl groups excluding tert-OH is 1. The summed E-state index contributed by atoms with van der Waals surface area (Å²) in [5.41, 5.74) is 0. The molecule has 0 bridgehead atoms. The van der Waals surface area contributed by atoms with Crippen LogP contribution in [0.15, 0.2) is 0 Å². The third-order valence-corrected chi connectivity index (χ3v) is 3.58. The van der Waals surface area contributed by atoms with E-state index in [4.69, 9.17) is 5.11 Å². The summed E-state index contributed by atoms with van der Waals surface area (Å²) in [5, 5.41) is 9.15. The van der Waals surface area contributed by atoms with E-state index in [2.05, 4.69) is 11.9 Å². The fourth-order valence-corrected chi connectivity index (χ4v) is 2.48. The Morgan fingerprint density at radius 3 is 2.23 bits per heavy atom. The Morgan fingerprint density at radius 2 is 1.77 bits per heavy atom. The van der Waals surface area contributed by atoms with Gasteiger partial charge in [0.15, 0.2) is 0 Å². The Kier molecular flexibility index (Phi) is 2.89. The Labute approximate surface area is 80.9 Å². The van der Waals surface area contributed by atoms with Crippen molar-refractivity contribution in [1.29, 1.82) is 0 Å². The summed E-state index contributed by atoms with van der Waals surface area (Å²) in [6, 6.07) is 0. The highest BCUT2D eigenvalue weighted by Crippen LogP contribution is 2.30. The molecule has 76 valence electrons. The van der Waals surface area contributed by atoms with E-state index < -0.39 is 0 Å². The lowest BCUT2D eigenvalue weighted by Gasteiger charge is -2.37. The van der Waals surface area contributed by atoms with Crippen LogP contribution in [0, 0.1) is 11.8 Å². The standard InChI is InChI=1S/C11H21NO/c1-12(7-9-3-2-4-9)8-10-5-11(13)6-10/h9-11,13H,2-8H2,1H3. The molecule has 2 heteroatoms. The van der Waals surface area contributed by atoms with E-state index >= 15 is 0 Å². The normalized spacial score (nSPS) is 34.4. The van der Waals surface area contributed by atoms with E-state index in [9.17, 15) is 0 Å². The topological polar surface area (TPSA) is 23.5 Å².